The maximum atomic E-state index is 14.9. The molecule has 3 aliphatic rings. The van der Waals surface area contributed by atoms with E-state index >= 15 is 0 Å². The van der Waals surface area contributed by atoms with Gasteiger partial charge < -0.3 is 10.0 Å². The van der Waals surface area contributed by atoms with E-state index in [2.05, 4.69) is 124 Å². The lowest BCUT2D eigenvalue weighted by atomic mass is 9.78. The molecular formula is C71H100N2O3. The van der Waals surface area contributed by atoms with E-state index in [4.69, 9.17) is 0 Å². The highest BCUT2D eigenvalue weighted by Gasteiger charge is 2.47. The molecule has 4 aromatic carbocycles. The third kappa shape index (κ3) is 14.9. The number of fused-ring (bicyclic) bond motifs is 6. The average molecular weight is 1030 g/mol. The summed E-state index contributed by atoms with van der Waals surface area (Å²) in [6.45, 7) is 15.0. The standard InChI is InChI=1S/C71H100N2O3/c1-7-9-11-13-15-17-19-21-23-25-27-29-31-33-35-41-51-72-61-49-47-55-43-37-39-45-57(55)65(61)70(3,4)63(72)53-59-67(74)60(69(76)68(59)75)54-64-71(5,6)66-58-46-40-38-44-56(58)48-50-62(66)73(64)52-42-36-34-32-30-28-26-24-22-20-18-16-14-12-10-8-2/h37-40,43-50,53-54H,7-36,41-42,51-52H2,1-6H3. The summed E-state index contributed by atoms with van der Waals surface area (Å²) in [4.78, 5) is 31.1. The predicted molar refractivity (Wildman–Crippen MR) is 323 cm³/mol. The molecule has 412 valence electrons. The van der Waals surface area contributed by atoms with Crippen molar-refractivity contribution in [2.75, 3.05) is 18.0 Å². The predicted octanol–water partition coefficient (Wildman–Crippen LogP) is 19.3. The monoisotopic (exact) mass is 1030 g/mol. The van der Waals surface area contributed by atoms with Crippen molar-refractivity contribution >= 4 is 50.2 Å². The van der Waals surface area contributed by atoms with Crippen LogP contribution in [0.15, 0.2) is 108 Å². The average Bonchev–Trinajstić information content (AvgIpc) is 3.95. The number of rotatable bonds is 36. The molecule has 0 saturated carbocycles. The van der Waals surface area contributed by atoms with E-state index in [9.17, 15) is 14.7 Å². The number of hydrogen-bond donors (Lipinski definition) is 0. The molecule has 5 heteroatoms. The maximum Gasteiger partial charge on any atom is 0.233 e. The van der Waals surface area contributed by atoms with Gasteiger partial charge in [-0.15, -0.1) is 0 Å². The summed E-state index contributed by atoms with van der Waals surface area (Å²) in [6, 6.07) is 25.9. The van der Waals surface area contributed by atoms with Crippen LogP contribution in [0.2, 0.25) is 0 Å². The van der Waals surface area contributed by atoms with Crippen LogP contribution < -0.4 is 10.0 Å². The smallest absolute Gasteiger partial charge is 0.233 e. The first-order valence-corrected chi connectivity index (χ1v) is 31.4. The molecule has 0 atom stereocenters. The Hall–Kier alpha value is -4.77. The van der Waals surface area contributed by atoms with Crippen LogP contribution in [0, 0.1) is 0 Å². The van der Waals surface area contributed by atoms with E-state index in [1.54, 1.807) is 0 Å². The summed E-state index contributed by atoms with van der Waals surface area (Å²) in [5, 5.41) is 19.6. The van der Waals surface area contributed by atoms with Crippen LogP contribution in [0.25, 0.3) is 21.5 Å². The number of allylic oxidation sites excluding steroid dienone is 5. The number of Topliss-reactive ketones (excluding diaryl/α,β-unsaturated/α-hetero) is 2. The second-order valence-corrected chi connectivity index (χ2v) is 24.4. The van der Waals surface area contributed by atoms with Gasteiger partial charge in [0.05, 0.1) is 5.41 Å². The minimum Gasteiger partial charge on any atom is -0.871 e. The van der Waals surface area contributed by atoms with E-state index in [1.165, 1.54) is 212 Å². The summed E-state index contributed by atoms with van der Waals surface area (Å²) in [7, 11) is 0. The lowest BCUT2D eigenvalue weighted by molar-refractivity contribution is -0.438. The van der Waals surface area contributed by atoms with Crippen molar-refractivity contribution in [2.24, 2.45) is 0 Å². The van der Waals surface area contributed by atoms with Gasteiger partial charge in [-0.3, -0.25) is 9.59 Å². The van der Waals surface area contributed by atoms with Gasteiger partial charge >= 0.3 is 0 Å². The first-order chi connectivity index (χ1) is 37.0. The quantitative estimate of drug-likeness (QED) is 0.0197. The van der Waals surface area contributed by atoms with Crippen molar-refractivity contribution < 1.29 is 19.3 Å². The van der Waals surface area contributed by atoms with Crippen LogP contribution in [0.1, 0.15) is 258 Å². The van der Waals surface area contributed by atoms with Gasteiger partial charge in [-0.2, -0.15) is 4.58 Å². The summed E-state index contributed by atoms with van der Waals surface area (Å²) >= 11 is 0. The van der Waals surface area contributed by atoms with Gasteiger partial charge in [-0.1, -0.05) is 274 Å². The van der Waals surface area contributed by atoms with Crippen molar-refractivity contribution in [3.63, 3.8) is 0 Å². The normalized spacial score (nSPS) is 17.0. The van der Waals surface area contributed by atoms with Gasteiger partial charge in [-0.25, -0.2) is 0 Å². The fourth-order valence-corrected chi connectivity index (χ4v) is 13.2. The molecule has 0 amide bonds. The van der Waals surface area contributed by atoms with E-state index in [1.807, 2.05) is 12.2 Å². The Bertz CT molecular complexity index is 2660. The van der Waals surface area contributed by atoms with Crippen molar-refractivity contribution in [3.05, 3.63) is 119 Å². The largest absolute Gasteiger partial charge is 0.871 e. The van der Waals surface area contributed by atoms with Crippen molar-refractivity contribution in [1.29, 1.82) is 0 Å². The van der Waals surface area contributed by atoms with Gasteiger partial charge in [-0.05, 0) is 72.0 Å². The van der Waals surface area contributed by atoms with Crippen LogP contribution in [0.5, 0.6) is 0 Å². The molecule has 1 aliphatic carbocycles. The Morgan fingerprint density at radius 3 is 1.37 bits per heavy atom. The molecule has 0 saturated heterocycles. The number of ketones is 2. The molecule has 4 aromatic rings. The van der Waals surface area contributed by atoms with Gasteiger partial charge in [0.1, 0.15) is 6.54 Å². The number of unbranched alkanes of at least 4 members (excludes halogenated alkanes) is 30. The van der Waals surface area contributed by atoms with E-state index < -0.39 is 28.2 Å². The molecule has 0 spiro atoms. The number of carbonyl (C=O) groups is 2. The Kier molecular flexibility index (Phi) is 23.1. The van der Waals surface area contributed by atoms with Gasteiger partial charge in [0.25, 0.3) is 0 Å². The first kappa shape index (κ1) is 58.9. The Balaban J connectivity index is 1.03. The summed E-state index contributed by atoms with van der Waals surface area (Å²) < 4.78 is 2.36. The van der Waals surface area contributed by atoms with Crippen molar-refractivity contribution in [1.82, 2.24) is 0 Å². The fourth-order valence-electron chi connectivity index (χ4n) is 13.2. The Morgan fingerprint density at radius 1 is 0.461 bits per heavy atom. The molecule has 0 N–H and O–H groups in total. The first-order valence-electron chi connectivity index (χ1n) is 31.4. The zero-order chi connectivity index (χ0) is 53.8. The van der Waals surface area contributed by atoms with E-state index in [0.717, 1.165) is 61.6 Å². The number of nitrogens with zero attached hydrogens (tertiary/aromatic N) is 2. The zero-order valence-corrected chi connectivity index (χ0v) is 48.7. The molecule has 76 heavy (non-hydrogen) atoms. The topological polar surface area (TPSA) is 63.4 Å². The SMILES string of the molecule is CCCCCCCCCCCCCCCCCCN1/C(=C\C2=C([O-])C(=C/C3=[N+](CCCCCCCCCCCCCCCCCC)c4ccc5ccccc5c4C3(C)C)/C(=O)C2=O)C(C)(C)c2c1ccc1ccccc21. The molecule has 0 radical (unpaired) electrons. The Labute approximate surface area is 461 Å². The molecule has 7 rings (SSSR count). The lowest BCUT2D eigenvalue weighted by Gasteiger charge is -2.28. The van der Waals surface area contributed by atoms with E-state index in [0.29, 0.717) is 0 Å². The van der Waals surface area contributed by atoms with Gasteiger partial charge in [0, 0.05) is 58.6 Å². The summed E-state index contributed by atoms with van der Waals surface area (Å²) in [5.74, 6) is -1.83. The molecular weight excluding hydrogens is 929 g/mol. The minimum absolute atomic E-state index is 0.00266. The molecule has 0 aromatic heterocycles. The van der Waals surface area contributed by atoms with Gasteiger partial charge in [0.2, 0.25) is 17.3 Å². The molecule has 2 aliphatic heterocycles. The number of hydrogen-bond acceptors (Lipinski definition) is 4. The lowest BCUT2D eigenvalue weighted by Crippen LogP contribution is -2.29. The van der Waals surface area contributed by atoms with Gasteiger partial charge in [0.15, 0.2) is 5.71 Å². The third-order valence-electron chi connectivity index (χ3n) is 17.7. The highest BCUT2D eigenvalue weighted by molar-refractivity contribution is 6.54. The number of anilines is 1. The zero-order valence-electron chi connectivity index (χ0n) is 48.7. The van der Waals surface area contributed by atoms with Crippen molar-refractivity contribution in [3.8, 4) is 0 Å². The second-order valence-electron chi connectivity index (χ2n) is 24.4. The van der Waals surface area contributed by atoms with Crippen LogP contribution in [0.4, 0.5) is 11.4 Å². The summed E-state index contributed by atoms with van der Waals surface area (Å²) in [5.41, 5.74) is 5.51. The minimum atomic E-state index is -0.688. The molecule has 5 nitrogen and oxygen atoms in total. The number of benzene rings is 4. The maximum absolute atomic E-state index is 14.9. The van der Waals surface area contributed by atoms with Crippen molar-refractivity contribution in [2.45, 2.75) is 258 Å². The second kappa shape index (κ2) is 29.8. The fraction of sp³-hybridized carbons (Fsp3) is 0.592. The third-order valence-corrected chi connectivity index (χ3v) is 17.7. The van der Waals surface area contributed by atoms with Crippen LogP contribution in [-0.4, -0.2) is 34.9 Å². The van der Waals surface area contributed by atoms with Crippen LogP contribution in [0.3, 0.4) is 0 Å². The van der Waals surface area contributed by atoms with Crippen LogP contribution >= 0.6 is 0 Å². The van der Waals surface area contributed by atoms with E-state index in [-0.39, 0.29) is 11.1 Å². The highest BCUT2D eigenvalue weighted by atomic mass is 16.3. The molecule has 0 unspecified atom stereocenters. The summed E-state index contributed by atoms with van der Waals surface area (Å²) in [6.07, 6.45) is 45.8. The molecule has 0 bridgehead atoms. The molecule has 2 heterocycles. The molecule has 0 fully saturated rings. The number of carbonyl (C=O) groups excluding carboxylic acids is 2. The Morgan fingerprint density at radius 2 is 0.882 bits per heavy atom. The van der Waals surface area contributed by atoms with Crippen LogP contribution in [-0.2, 0) is 20.4 Å². The highest BCUT2D eigenvalue weighted by Crippen LogP contribution is 2.52.